The van der Waals surface area contributed by atoms with E-state index < -0.39 is 0 Å². The fourth-order valence-electron chi connectivity index (χ4n) is 4.37. The lowest BCUT2D eigenvalue weighted by Crippen LogP contribution is -2.50. The molecule has 1 aliphatic carbocycles. The largest absolute Gasteiger partial charge is 0.304 e. The predicted molar refractivity (Wildman–Crippen MR) is 97.4 cm³/mol. The van der Waals surface area contributed by atoms with Gasteiger partial charge >= 0.3 is 0 Å². The first-order chi connectivity index (χ1) is 12.0. The van der Waals surface area contributed by atoms with Gasteiger partial charge in [-0.1, -0.05) is 6.92 Å². The van der Waals surface area contributed by atoms with Gasteiger partial charge in [-0.2, -0.15) is 0 Å². The number of likely N-dealkylation sites (tertiary alicyclic amines) is 1. The number of tetrazole rings is 1. The van der Waals surface area contributed by atoms with Crippen molar-refractivity contribution in [1.29, 1.82) is 0 Å². The Bertz CT molecular complexity index is 566. The lowest BCUT2D eigenvalue weighted by Gasteiger charge is -2.45. The smallest absolute Gasteiger partial charge is 0.168 e. The van der Waals surface area contributed by atoms with Crippen molar-refractivity contribution in [3.05, 3.63) is 5.82 Å². The zero-order valence-corrected chi connectivity index (χ0v) is 16.1. The molecule has 2 saturated heterocycles. The lowest BCUT2D eigenvalue weighted by molar-refractivity contribution is 0.0395. The molecule has 3 aliphatic rings. The van der Waals surface area contributed by atoms with Gasteiger partial charge in [-0.3, -0.25) is 4.90 Å². The molecule has 7 nitrogen and oxygen atoms in total. The Morgan fingerprint density at radius 3 is 2.40 bits per heavy atom. The Morgan fingerprint density at radius 2 is 1.76 bits per heavy atom. The van der Waals surface area contributed by atoms with Crippen molar-refractivity contribution in [3.63, 3.8) is 0 Å². The van der Waals surface area contributed by atoms with E-state index in [9.17, 15) is 0 Å². The van der Waals surface area contributed by atoms with Crippen LogP contribution in [0.4, 0.5) is 0 Å². The van der Waals surface area contributed by atoms with Crippen molar-refractivity contribution in [1.82, 2.24) is 34.9 Å². The van der Waals surface area contributed by atoms with Crippen molar-refractivity contribution < 1.29 is 0 Å². The number of likely N-dealkylation sites (N-methyl/N-ethyl adjacent to an activating group) is 1. The molecule has 0 amide bonds. The molecule has 140 valence electrons. The van der Waals surface area contributed by atoms with E-state index in [-0.39, 0.29) is 0 Å². The van der Waals surface area contributed by atoms with Crippen molar-refractivity contribution in [2.45, 2.75) is 51.6 Å². The standard InChI is InChI=1S/C18H33N7/c1-15(17-19-20-21-25(17)16-4-5-16)24-8-6-18(2,7-9-24)14-23-12-10-22(3)11-13-23/h15-16H,4-14H2,1-3H3/t15-/m1/s1. The minimum atomic E-state index is 0.323. The minimum Gasteiger partial charge on any atom is -0.304 e. The second-order valence-electron chi connectivity index (χ2n) is 8.81. The van der Waals surface area contributed by atoms with E-state index in [0.29, 0.717) is 17.5 Å². The van der Waals surface area contributed by atoms with Crippen molar-refractivity contribution in [2.75, 3.05) is 52.9 Å². The van der Waals surface area contributed by atoms with Gasteiger partial charge in [-0.25, -0.2) is 4.68 Å². The molecule has 0 N–H and O–H groups in total. The van der Waals surface area contributed by atoms with Crippen LogP contribution in [0.15, 0.2) is 0 Å². The summed E-state index contributed by atoms with van der Waals surface area (Å²) in [5, 5.41) is 12.5. The van der Waals surface area contributed by atoms with E-state index >= 15 is 0 Å². The van der Waals surface area contributed by atoms with Gasteiger partial charge in [0.25, 0.3) is 0 Å². The van der Waals surface area contributed by atoms with Gasteiger partial charge in [0.05, 0.1) is 12.1 Å². The van der Waals surface area contributed by atoms with E-state index in [1.165, 1.54) is 58.4 Å². The fourth-order valence-corrected chi connectivity index (χ4v) is 4.37. The highest BCUT2D eigenvalue weighted by molar-refractivity contribution is 4.98. The normalized spacial score (nSPS) is 27.5. The molecule has 4 rings (SSSR count). The van der Waals surface area contributed by atoms with E-state index in [1.807, 2.05) is 0 Å². The molecule has 0 aromatic carbocycles. The molecule has 1 atom stereocenters. The van der Waals surface area contributed by atoms with Crippen LogP contribution in [0, 0.1) is 5.41 Å². The van der Waals surface area contributed by atoms with Crippen LogP contribution in [0.2, 0.25) is 0 Å². The maximum atomic E-state index is 4.34. The Hall–Kier alpha value is -1.05. The van der Waals surface area contributed by atoms with Crippen LogP contribution in [0.5, 0.6) is 0 Å². The summed E-state index contributed by atoms with van der Waals surface area (Å²) >= 11 is 0. The number of aromatic nitrogens is 4. The predicted octanol–water partition coefficient (Wildman–Crippen LogP) is 1.42. The highest BCUT2D eigenvalue weighted by Gasteiger charge is 2.36. The Morgan fingerprint density at radius 1 is 1.08 bits per heavy atom. The van der Waals surface area contributed by atoms with Crippen LogP contribution < -0.4 is 0 Å². The molecule has 1 aromatic heterocycles. The monoisotopic (exact) mass is 347 g/mol. The van der Waals surface area contributed by atoms with E-state index in [1.54, 1.807) is 0 Å². The quantitative estimate of drug-likeness (QED) is 0.803. The molecule has 0 unspecified atom stereocenters. The third kappa shape index (κ3) is 3.88. The van der Waals surface area contributed by atoms with Gasteiger partial charge in [0.1, 0.15) is 0 Å². The average molecular weight is 348 g/mol. The fraction of sp³-hybridized carbons (Fsp3) is 0.944. The highest BCUT2D eigenvalue weighted by Crippen LogP contribution is 2.38. The first kappa shape index (κ1) is 17.4. The molecular formula is C18H33N7. The Labute approximate surface area is 151 Å². The number of piperazine rings is 1. The summed E-state index contributed by atoms with van der Waals surface area (Å²) in [4.78, 5) is 7.69. The van der Waals surface area contributed by atoms with Crippen molar-refractivity contribution in [3.8, 4) is 0 Å². The molecule has 2 aliphatic heterocycles. The van der Waals surface area contributed by atoms with Gasteiger partial charge in [-0.05, 0) is 68.6 Å². The van der Waals surface area contributed by atoms with Crippen LogP contribution in [0.3, 0.4) is 0 Å². The van der Waals surface area contributed by atoms with Crippen molar-refractivity contribution in [2.24, 2.45) is 5.41 Å². The molecule has 1 aromatic rings. The summed E-state index contributed by atoms with van der Waals surface area (Å²) in [5.74, 6) is 1.06. The Kier molecular flexibility index (Phi) is 4.81. The zero-order valence-electron chi connectivity index (χ0n) is 16.1. The maximum absolute atomic E-state index is 4.34. The Balaban J connectivity index is 1.32. The van der Waals surface area contributed by atoms with Gasteiger partial charge < -0.3 is 9.80 Å². The molecule has 7 heteroatoms. The third-order valence-electron chi connectivity index (χ3n) is 6.54. The number of piperidine rings is 1. The summed E-state index contributed by atoms with van der Waals surface area (Å²) < 4.78 is 2.07. The summed E-state index contributed by atoms with van der Waals surface area (Å²) in [6, 6.07) is 0.878. The third-order valence-corrected chi connectivity index (χ3v) is 6.54. The number of nitrogens with zero attached hydrogens (tertiary/aromatic N) is 7. The number of rotatable bonds is 5. The molecule has 0 spiro atoms. The van der Waals surface area contributed by atoms with E-state index in [0.717, 1.165) is 18.9 Å². The number of hydrogen-bond acceptors (Lipinski definition) is 6. The summed E-state index contributed by atoms with van der Waals surface area (Å²) in [6.45, 7) is 13.2. The average Bonchev–Trinajstić information content (AvgIpc) is 3.34. The van der Waals surface area contributed by atoms with Crippen molar-refractivity contribution >= 4 is 0 Å². The lowest BCUT2D eigenvalue weighted by atomic mass is 9.79. The van der Waals surface area contributed by atoms with E-state index in [2.05, 4.69) is 55.8 Å². The van der Waals surface area contributed by atoms with Crippen LogP contribution in [0.1, 0.15) is 57.4 Å². The van der Waals surface area contributed by atoms with Gasteiger partial charge in [0.2, 0.25) is 0 Å². The van der Waals surface area contributed by atoms with Crippen LogP contribution in [0.25, 0.3) is 0 Å². The van der Waals surface area contributed by atoms with Gasteiger partial charge in [-0.15, -0.1) is 5.10 Å². The van der Waals surface area contributed by atoms with Gasteiger partial charge in [0, 0.05) is 32.7 Å². The second kappa shape index (κ2) is 6.93. The van der Waals surface area contributed by atoms with E-state index in [4.69, 9.17) is 0 Å². The molecule has 0 bridgehead atoms. The van der Waals surface area contributed by atoms with Crippen LogP contribution in [-0.2, 0) is 0 Å². The molecule has 3 heterocycles. The van der Waals surface area contributed by atoms with Crippen LogP contribution in [-0.4, -0.2) is 87.8 Å². The van der Waals surface area contributed by atoms with Crippen LogP contribution >= 0.6 is 0 Å². The minimum absolute atomic E-state index is 0.323. The molecule has 3 fully saturated rings. The SMILES string of the molecule is C[C@H](c1nnnn1C1CC1)N1CCC(C)(CN2CCN(C)CC2)CC1. The summed E-state index contributed by atoms with van der Waals surface area (Å²) in [6.07, 6.45) is 5.01. The topological polar surface area (TPSA) is 53.3 Å². The zero-order chi connectivity index (χ0) is 17.4. The highest BCUT2D eigenvalue weighted by atomic mass is 15.6. The maximum Gasteiger partial charge on any atom is 0.168 e. The summed E-state index contributed by atoms with van der Waals surface area (Å²) in [5.41, 5.74) is 0.453. The summed E-state index contributed by atoms with van der Waals surface area (Å²) in [7, 11) is 2.23. The molecule has 1 saturated carbocycles. The molecule has 25 heavy (non-hydrogen) atoms. The first-order valence-corrected chi connectivity index (χ1v) is 9.97. The first-order valence-electron chi connectivity index (χ1n) is 9.97. The number of hydrogen-bond donors (Lipinski definition) is 0. The molecular weight excluding hydrogens is 314 g/mol. The van der Waals surface area contributed by atoms with Gasteiger partial charge in [0.15, 0.2) is 5.82 Å². The molecule has 0 radical (unpaired) electrons. The second-order valence-corrected chi connectivity index (χ2v) is 8.81.